The van der Waals surface area contributed by atoms with Crippen LogP contribution in [0.2, 0.25) is 0 Å². The molecule has 112 valence electrons. The Morgan fingerprint density at radius 2 is 2.24 bits per heavy atom. The third-order valence-electron chi connectivity index (χ3n) is 3.38. The summed E-state index contributed by atoms with van der Waals surface area (Å²) in [6.07, 6.45) is 2.29. The predicted molar refractivity (Wildman–Crippen MR) is 80.7 cm³/mol. The van der Waals surface area contributed by atoms with Gasteiger partial charge in [-0.25, -0.2) is 4.79 Å². The van der Waals surface area contributed by atoms with E-state index < -0.39 is 11.7 Å². The quantitative estimate of drug-likeness (QED) is 0.848. The lowest BCUT2D eigenvalue weighted by molar-refractivity contribution is 0.0489. The molecule has 0 fully saturated rings. The maximum atomic E-state index is 11.9. The van der Waals surface area contributed by atoms with Gasteiger partial charge in [0.15, 0.2) is 0 Å². The van der Waals surface area contributed by atoms with Crippen molar-refractivity contribution in [1.82, 2.24) is 10.3 Å². The maximum absolute atomic E-state index is 11.9. The molecular weight excluding hydrogens is 268 g/mol. The molecule has 0 saturated heterocycles. The van der Waals surface area contributed by atoms with Crippen LogP contribution in [0.25, 0.3) is 10.9 Å². The predicted octanol–water partition coefficient (Wildman–Crippen LogP) is 3.00. The number of hydrogen-bond acceptors (Lipinski definition) is 3. The summed E-state index contributed by atoms with van der Waals surface area (Å²) in [4.78, 5) is 15.1. The SMILES string of the molecule is CC(C)(C)OC(=O)NC1COc2cccc3[nH]cc(c23)C1. The summed E-state index contributed by atoms with van der Waals surface area (Å²) in [7, 11) is 0. The number of rotatable bonds is 1. The molecule has 0 spiro atoms. The number of alkyl carbamates (subject to hydrolysis) is 1. The van der Waals surface area contributed by atoms with Gasteiger partial charge in [0.2, 0.25) is 0 Å². The molecule has 3 rings (SSSR count). The number of benzene rings is 1. The smallest absolute Gasteiger partial charge is 0.408 e. The molecular formula is C16H20N2O3. The highest BCUT2D eigenvalue weighted by Crippen LogP contribution is 2.31. The van der Waals surface area contributed by atoms with Gasteiger partial charge in [-0.2, -0.15) is 0 Å². The van der Waals surface area contributed by atoms with Gasteiger partial charge in [-0.1, -0.05) is 6.07 Å². The van der Waals surface area contributed by atoms with Crippen molar-refractivity contribution >= 4 is 17.0 Å². The van der Waals surface area contributed by atoms with Crippen molar-refractivity contribution in [1.29, 1.82) is 0 Å². The number of hydrogen-bond donors (Lipinski definition) is 2. The molecule has 1 aromatic carbocycles. The Kier molecular flexibility index (Phi) is 3.27. The minimum absolute atomic E-state index is 0.105. The van der Waals surface area contributed by atoms with Gasteiger partial charge >= 0.3 is 6.09 Å². The first kappa shape index (κ1) is 13.8. The zero-order chi connectivity index (χ0) is 15.0. The highest BCUT2D eigenvalue weighted by Gasteiger charge is 2.24. The molecule has 2 heterocycles. The summed E-state index contributed by atoms with van der Waals surface area (Å²) >= 11 is 0. The fourth-order valence-corrected chi connectivity index (χ4v) is 2.58. The van der Waals surface area contributed by atoms with Crippen LogP contribution in [-0.4, -0.2) is 29.3 Å². The number of ether oxygens (including phenoxy) is 2. The second-order valence-corrected chi connectivity index (χ2v) is 6.35. The van der Waals surface area contributed by atoms with Crippen LogP contribution >= 0.6 is 0 Å². The summed E-state index contributed by atoms with van der Waals surface area (Å²) in [6, 6.07) is 5.83. The van der Waals surface area contributed by atoms with Crippen molar-refractivity contribution in [3.8, 4) is 5.75 Å². The highest BCUT2D eigenvalue weighted by atomic mass is 16.6. The van der Waals surface area contributed by atoms with Gasteiger partial charge in [-0.3, -0.25) is 0 Å². The highest BCUT2D eigenvalue weighted by molar-refractivity contribution is 5.89. The normalized spacial score (nSPS) is 18.0. The number of amides is 1. The number of aromatic nitrogens is 1. The Morgan fingerprint density at radius 1 is 1.43 bits per heavy atom. The first-order valence-electron chi connectivity index (χ1n) is 7.14. The lowest BCUT2D eigenvalue weighted by atomic mass is 10.1. The van der Waals surface area contributed by atoms with Gasteiger partial charge in [0.25, 0.3) is 0 Å². The lowest BCUT2D eigenvalue weighted by Crippen LogP contribution is -2.42. The maximum Gasteiger partial charge on any atom is 0.408 e. The number of carbonyl (C=O) groups is 1. The number of H-pyrrole nitrogens is 1. The van der Waals surface area contributed by atoms with E-state index in [1.807, 2.05) is 45.2 Å². The molecule has 1 aliphatic heterocycles. The fourth-order valence-electron chi connectivity index (χ4n) is 2.58. The van der Waals surface area contributed by atoms with E-state index in [0.717, 1.165) is 28.6 Å². The fraction of sp³-hybridized carbons (Fsp3) is 0.438. The molecule has 0 radical (unpaired) electrons. The van der Waals surface area contributed by atoms with Crippen LogP contribution in [0.5, 0.6) is 5.75 Å². The average molecular weight is 288 g/mol. The van der Waals surface area contributed by atoms with Crippen LogP contribution in [0.1, 0.15) is 26.3 Å². The van der Waals surface area contributed by atoms with Crippen molar-refractivity contribution in [3.63, 3.8) is 0 Å². The van der Waals surface area contributed by atoms with E-state index in [-0.39, 0.29) is 6.04 Å². The molecule has 0 bridgehead atoms. The first-order valence-corrected chi connectivity index (χ1v) is 7.14. The van der Waals surface area contributed by atoms with Gasteiger partial charge in [0.1, 0.15) is 18.0 Å². The third-order valence-corrected chi connectivity index (χ3v) is 3.38. The van der Waals surface area contributed by atoms with Crippen LogP contribution in [0.15, 0.2) is 24.4 Å². The summed E-state index contributed by atoms with van der Waals surface area (Å²) in [5.41, 5.74) is 1.71. The van der Waals surface area contributed by atoms with Crippen LogP contribution in [0.4, 0.5) is 4.79 Å². The molecule has 1 amide bonds. The minimum Gasteiger partial charge on any atom is -0.491 e. The van der Waals surface area contributed by atoms with Crippen molar-refractivity contribution in [3.05, 3.63) is 30.0 Å². The number of aromatic amines is 1. The third kappa shape index (κ3) is 2.96. The summed E-state index contributed by atoms with van der Waals surface area (Å²) in [5.74, 6) is 0.859. The Balaban J connectivity index is 1.76. The molecule has 1 atom stereocenters. The minimum atomic E-state index is -0.500. The molecule has 1 unspecified atom stereocenters. The molecule has 21 heavy (non-hydrogen) atoms. The second kappa shape index (κ2) is 4.98. The summed E-state index contributed by atoms with van der Waals surface area (Å²) in [6.45, 7) is 5.98. The van der Waals surface area contributed by atoms with Gasteiger partial charge in [0, 0.05) is 17.1 Å². The van der Waals surface area contributed by atoms with Crippen LogP contribution in [0.3, 0.4) is 0 Å². The van der Waals surface area contributed by atoms with E-state index in [2.05, 4.69) is 10.3 Å². The zero-order valence-corrected chi connectivity index (χ0v) is 12.5. The van der Waals surface area contributed by atoms with Crippen LogP contribution in [0, 0.1) is 0 Å². The molecule has 2 aromatic rings. The van der Waals surface area contributed by atoms with Gasteiger partial charge in [0.05, 0.1) is 6.04 Å². The average Bonchev–Trinajstić information content (AvgIpc) is 2.68. The molecule has 0 saturated carbocycles. The van der Waals surface area contributed by atoms with Crippen LogP contribution in [-0.2, 0) is 11.2 Å². The summed E-state index contributed by atoms with van der Waals surface area (Å²) < 4.78 is 11.1. The van der Waals surface area contributed by atoms with E-state index in [1.165, 1.54) is 0 Å². The number of nitrogens with one attached hydrogen (secondary N) is 2. The van der Waals surface area contributed by atoms with Crippen molar-refractivity contribution in [2.24, 2.45) is 0 Å². The van der Waals surface area contributed by atoms with Gasteiger partial charge in [-0.15, -0.1) is 0 Å². The summed E-state index contributed by atoms with van der Waals surface area (Å²) in [5, 5.41) is 3.99. The molecule has 0 aliphatic carbocycles. The van der Waals surface area contributed by atoms with Crippen molar-refractivity contribution in [2.45, 2.75) is 38.8 Å². The molecule has 5 nitrogen and oxygen atoms in total. The van der Waals surface area contributed by atoms with Crippen molar-refractivity contribution in [2.75, 3.05) is 6.61 Å². The van der Waals surface area contributed by atoms with Gasteiger partial charge in [-0.05, 0) is 44.9 Å². The zero-order valence-electron chi connectivity index (χ0n) is 12.5. The lowest BCUT2D eigenvalue weighted by Gasteiger charge is -2.22. The Bertz CT molecular complexity index is 670. The molecule has 1 aromatic heterocycles. The second-order valence-electron chi connectivity index (χ2n) is 6.35. The molecule has 1 aliphatic rings. The van der Waals surface area contributed by atoms with E-state index in [0.29, 0.717) is 6.61 Å². The number of carbonyl (C=O) groups excluding carboxylic acids is 1. The Hall–Kier alpha value is -2.17. The van der Waals surface area contributed by atoms with E-state index in [9.17, 15) is 4.79 Å². The monoisotopic (exact) mass is 288 g/mol. The van der Waals surface area contributed by atoms with Gasteiger partial charge < -0.3 is 19.8 Å². The van der Waals surface area contributed by atoms with E-state index in [4.69, 9.17) is 9.47 Å². The Labute approximate surface area is 123 Å². The largest absolute Gasteiger partial charge is 0.491 e. The van der Waals surface area contributed by atoms with Crippen molar-refractivity contribution < 1.29 is 14.3 Å². The van der Waals surface area contributed by atoms with Crippen LogP contribution < -0.4 is 10.1 Å². The van der Waals surface area contributed by atoms with E-state index >= 15 is 0 Å². The van der Waals surface area contributed by atoms with E-state index in [1.54, 1.807) is 0 Å². The first-order chi connectivity index (χ1) is 9.92. The standard InChI is InChI=1S/C16H20N2O3/c1-16(2,3)21-15(19)18-11-7-10-8-17-12-5-4-6-13(14(10)12)20-9-11/h4-6,8,11,17H,7,9H2,1-3H3,(H,18,19). The topological polar surface area (TPSA) is 63.4 Å². The Morgan fingerprint density at radius 3 is 3.00 bits per heavy atom. The molecule has 2 N–H and O–H groups in total. The molecule has 5 heteroatoms.